The van der Waals surface area contributed by atoms with Crippen molar-refractivity contribution < 1.29 is 9.90 Å². The second-order valence-electron chi connectivity index (χ2n) is 11.2. The number of carbonyl (C=O) groups is 1. The zero-order valence-corrected chi connectivity index (χ0v) is 20.3. The van der Waals surface area contributed by atoms with Crippen LogP contribution in [0.3, 0.4) is 0 Å². The van der Waals surface area contributed by atoms with Crippen LogP contribution in [0.1, 0.15) is 62.9 Å². The van der Waals surface area contributed by atoms with Crippen LogP contribution in [0.2, 0.25) is 0 Å². The Hall–Kier alpha value is -3.02. The van der Waals surface area contributed by atoms with Crippen LogP contribution in [0.25, 0.3) is 11.0 Å². The molecule has 2 bridgehead atoms. The van der Waals surface area contributed by atoms with Crippen molar-refractivity contribution in [1.82, 2.24) is 19.8 Å². The third-order valence-electron chi connectivity index (χ3n) is 9.36. The van der Waals surface area contributed by atoms with E-state index in [2.05, 4.69) is 42.8 Å². The number of aromatic hydroxyl groups is 1. The molecule has 0 spiro atoms. The Labute approximate surface area is 201 Å². The van der Waals surface area contributed by atoms with Gasteiger partial charge in [0, 0.05) is 37.0 Å². The molecule has 0 radical (unpaired) electrons. The van der Waals surface area contributed by atoms with Gasteiger partial charge in [0.25, 0.3) is 0 Å². The molecular weight excluding hydrogens is 424 g/mol. The van der Waals surface area contributed by atoms with Gasteiger partial charge in [0.1, 0.15) is 11.6 Å². The fourth-order valence-electron chi connectivity index (χ4n) is 6.88. The van der Waals surface area contributed by atoms with E-state index < -0.39 is 0 Å². The summed E-state index contributed by atoms with van der Waals surface area (Å²) in [5, 5.41) is 10.7. The van der Waals surface area contributed by atoms with Gasteiger partial charge in [-0.3, -0.25) is 0 Å². The number of nitrogens with one attached hydrogen (secondary N) is 1. The number of imidazole rings is 1. The number of phenols is 1. The molecule has 2 aliphatic heterocycles. The fourth-order valence-corrected chi connectivity index (χ4v) is 6.88. The highest BCUT2D eigenvalue weighted by atomic mass is 16.3. The quantitative estimate of drug-likeness (QED) is 0.528. The molecule has 178 valence electrons. The number of piperidine rings is 2. The van der Waals surface area contributed by atoms with Gasteiger partial charge in [0.2, 0.25) is 0 Å². The van der Waals surface area contributed by atoms with E-state index >= 15 is 0 Å². The molecule has 1 aromatic heterocycles. The molecule has 2 fully saturated rings. The summed E-state index contributed by atoms with van der Waals surface area (Å²) in [7, 11) is 0. The second kappa shape index (κ2) is 7.49. The van der Waals surface area contributed by atoms with Gasteiger partial charge < -0.3 is 19.9 Å². The van der Waals surface area contributed by atoms with Gasteiger partial charge in [-0.1, -0.05) is 45.0 Å². The van der Waals surface area contributed by atoms with Crippen molar-refractivity contribution in [3.63, 3.8) is 0 Å². The van der Waals surface area contributed by atoms with Crippen molar-refractivity contribution >= 4 is 17.1 Å². The number of benzene rings is 2. The zero-order chi connectivity index (χ0) is 23.7. The van der Waals surface area contributed by atoms with E-state index in [9.17, 15) is 9.90 Å². The third kappa shape index (κ3) is 3.00. The van der Waals surface area contributed by atoms with Gasteiger partial charge in [-0.05, 0) is 60.4 Å². The zero-order valence-electron chi connectivity index (χ0n) is 20.3. The molecule has 3 aromatic rings. The van der Waals surface area contributed by atoms with Crippen LogP contribution < -0.4 is 0 Å². The lowest BCUT2D eigenvalue weighted by Gasteiger charge is -2.61. The van der Waals surface area contributed by atoms with Gasteiger partial charge in [-0.15, -0.1) is 0 Å². The molecule has 6 heteroatoms. The number of H-pyrrole nitrogens is 1. The maximum absolute atomic E-state index is 14.0. The minimum absolute atomic E-state index is 0.0612. The lowest BCUT2D eigenvalue weighted by molar-refractivity contribution is -0.0252. The Bertz CT molecular complexity index is 1230. The first kappa shape index (κ1) is 21.5. The van der Waals surface area contributed by atoms with E-state index in [1.807, 2.05) is 29.2 Å². The summed E-state index contributed by atoms with van der Waals surface area (Å²) in [6.45, 7) is 9.16. The molecule has 3 heterocycles. The summed E-state index contributed by atoms with van der Waals surface area (Å²) in [6, 6.07) is 14.2. The predicted octanol–water partition coefficient (Wildman–Crippen LogP) is 5.18. The van der Waals surface area contributed by atoms with Gasteiger partial charge in [-0.2, -0.15) is 0 Å². The normalized spacial score (nSPS) is 28.1. The minimum atomic E-state index is -0.0877. The van der Waals surface area contributed by atoms with E-state index in [4.69, 9.17) is 4.98 Å². The standard InChI is InChI=1S/C28H34N4O2/c1-27(2)24-16-19-20(9-6-12-23(19)33)28(27,3)13-15-32(24)26(34)31-14-7-8-18(17-31)25-29-21-10-4-5-11-22(21)30-25/h4-6,9-12,18,24,33H,7-8,13-17H2,1-3H3,(H,29,30)/t18?,24-,28?/m1/s1. The van der Waals surface area contributed by atoms with E-state index in [-0.39, 0.29) is 28.8 Å². The monoisotopic (exact) mass is 458 g/mol. The highest BCUT2D eigenvalue weighted by Gasteiger charge is 2.57. The maximum Gasteiger partial charge on any atom is 0.320 e. The predicted molar refractivity (Wildman–Crippen MR) is 133 cm³/mol. The topological polar surface area (TPSA) is 72.5 Å². The van der Waals surface area contributed by atoms with E-state index in [1.165, 1.54) is 5.56 Å². The number of phenolic OH excluding ortho intramolecular Hbond substituents is 1. The number of aromatic amines is 1. The molecule has 0 saturated carbocycles. The molecule has 2 saturated heterocycles. The molecule has 2 N–H and O–H groups in total. The third-order valence-corrected chi connectivity index (χ3v) is 9.36. The number of fused-ring (bicyclic) bond motifs is 5. The SMILES string of the molecule is CC12CCN(C(=O)N3CCCC(c4nc5ccccc5[nH]4)C3)[C@H](Cc3c(O)cccc31)C2(C)C. The summed E-state index contributed by atoms with van der Waals surface area (Å²) in [4.78, 5) is 26.4. The summed E-state index contributed by atoms with van der Waals surface area (Å²) < 4.78 is 0. The number of aromatic nitrogens is 2. The van der Waals surface area contributed by atoms with Crippen LogP contribution >= 0.6 is 0 Å². The van der Waals surface area contributed by atoms with E-state index in [1.54, 1.807) is 6.07 Å². The largest absolute Gasteiger partial charge is 0.508 e. The average Bonchev–Trinajstić information content (AvgIpc) is 3.26. The van der Waals surface area contributed by atoms with Crippen molar-refractivity contribution in [2.24, 2.45) is 5.41 Å². The smallest absolute Gasteiger partial charge is 0.320 e. The maximum atomic E-state index is 14.0. The van der Waals surface area contributed by atoms with Gasteiger partial charge >= 0.3 is 6.03 Å². The molecule has 34 heavy (non-hydrogen) atoms. The van der Waals surface area contributed by atoms with Crippen molar-refractivity contribution in [2.75, 3.05) is 19.6 Å². The minimum Gasteiger partial charge on any atom is -0.508 e. The van der Waals surface area contributed by atoms with Crippen LogP contribution in [-0.2, 0) is 11.8 Å². The van der Waals surface area contributed by atoms with Gasteiger partial charge in [-0.25, -0.2) is 9.78 Å². The van der Waals surface area contributed by atoms with E-state index in [0.29, 0.717) is 18.7 Å². The van der Waals surface area contributed by atoms with Crippen LogP contribution in [0.4, 0.5) is 4.79 Å². The van der Waals surface area contributed by atoms with Crippen molar-refractivity contribution in [3.05, 3.63) is 59.4 Å². The molecule has 3 aliphatic rings. The average molecular weight is 459 g/mol. The molecule has 3 atom stereocenters. The van der Waals surface area contributed by atoms with Crippen LogP contribution in [0.15, 0.2) is 42.5 Å². The van der Waals surface area contributed by atoms with Crippen LogP contribution in [-0.4, -0.2) is 56.6 Å². The molecule has 1 aliphatic carbocycles. The van der Waals surface area contributed by atoms with Crippen LogP contribution in [0, 0.1) is 5.41 Å². The van der Waals surface area contributed by atoms with Crippen molar-refractivity contribution in [2.45, 2.75) is 63.8 Å². The molecule has 2 unspecified atom stereocenters. The lowest BCUT2D eigenvalue weighted by Crippen LogP contribution is -2.66. The van der Waals surface area contributed by atoms with Crippen molar-refractivity contribution in [1.29, 1.82) is 0 Å². The Morgan fingerprint density at radius 1 is 1.12 bits per heavy atom. The summed E-state index contributed by atoms with van der Waals surface area (Å²) in [5.41, 5.74) is 4.15. The number of carbonyl (C=O) groups excluding carboxylic acids is 1. The van der Waals surface area contributed by atoms with Gasteiger partial charge in [0.05, 0.1) is 11.0 Å². The summed E-state index contributed by atoms with van der Waals surface area (Å²) >= 11 is 0. The lowest BCUT2D eigenvalue weighted by atomic mass is 9.51. The summed E-state index contributed by atoms with van der Waals surface area (Å²) in [6.07, 6.45) is 3.63. The van der Waals surface area contributed by atoms with E-state index in [0.717, 1.165) is 54.8 Å². The highest BCUT2D eigenvalue weighted by molar-refractivity contribution is 5.77. The number of nitrogens with zero attached hydrogens (tertiary/aromatic N) is 3. The van der Waals surface area contributed by atoms with Crippen LogP contribution in [0.5, 0.6) is 5.75 Å². The Morgan fingerprint density at radius 3 is 2.76 bits per heavy atom. The number of para-hydroxylation sites is 2. The number of amides is 2. The number of rotatable bonds is 1. The highest BCUT2D eigenvalue weighted by Crippen LogP contribution is 2.57. The second-order valence-corrected chi connectivity index (χ2v) is 11.2. The first-order valence-electron chi connectivity index (χ1n) is 12.6. The first-order valence-corrected chi connectivity index (χ1v) is 12.6. The molecule has 6 nitrogen and oxygen atoms in total. The number of hydrogen-bond donors (Lipinski definition) is 2. The Kier molecular flexibility index (Phi) is 4.74. The summed E-state index contributed by atoms with van der Waals surface area (Å²) in [5.74, 6) is 1.58. The van der Waals surface area contributed by atoms with Crippen molar-refractivity contribution in [3.8, 4) is 5.75 Å². The Morgan fingerprint density at radius 2 is 1.94 bits per heavy atom. The Balaban J connectivity index is 1.27. The molecule has 2 amide bonds. The number of likely N-dealkylation sites (tertiary alicyclic amines) is 2. The first-order chi connectivity index (χ1) is 16.3. The number of urea groups is 1. The molecule has 2 aromatic carbocycles. The molecular formula is C28H34N4O2. The fraction of sp³-hybridized carbons (Fsp3) is 0.500. The number of hydrogen-bond acceptors (Lipinski definition) is 3. The molecule has 6 rings (SSSR count). The van der Waals surface area contributed by atoms with Gasteiger partial charge in [0.15, 0.2) is 0 Å².